The molecular weight excluding hydrogens is 364 g/mol. The van der Waals surface area contributed by atoms with E-state index in [1.165, 1.54) is 6.33 Å². The van der Waals surface area contributed by atoms with Crippen LogP contribution in [0, 0.1) is 11.8 Å². The predicted molar refractivity (Wildman–Crippen MR) is 112 cm³/mol. The Bertz CT molecular complexity index is 1230. The van der Waals surface area contributed by atoms with Crippen molar-refractivity contribution in [3.8, 4) is 17.6 Å². The van der Waals surface area contributed by atoms with Crippen LogP contribution in [0.5, 0.6) is 5.75 Å². The highest BCUT2D eigenvalue weighted by molar-refractivity contribution is 6.06. The van der Waals surface area contributed by atoms with Crippen molar-refractivity contribution >= 4 is 22.6 Å². The second-order valence-corrected chi connectivity index (χ2v) is 6.35. The van der Waals surface area contributed by atoms with E-state index in [9.17, 15) is 4.79 Å². The topological polar surface area (TPSA) is 69.0 Å². The molecule has 0 saturated carbocycles. The van der Waals surface area contributed by atoms with E-state index in [1.807, 2.05) is 54.6 Å². The molecule has 4 rings (SSSR count). The largest absolute Gasteiger partial charge is 0.497 e. The highest BCUT2D eigenvalue weighted by Crippen LogP contribution is 2.20. The number of rotatable bonds is 3. The molecule has 4 aromatic rings. The van der Waals surface area contributed by atoms with Gasteiger partial charge in [0, 0.05) is 18.3 Å². The molecule has 0 fully saturated rings. The van der Waals surface area contributed by atoms with Gasteiger partial charge in [0.15, 0.2) is 0 Å². The number of anilines is 1. The Hall–Kier alpha value is -4.11. The summed E-state index contributed by atoms with van der Waals surface area (Å²) in [5, 5.41) is 3.62. The maximum atomic E-state index is 12.7. The van der Waals surface area contributed by atoms with Crippen molar-refractivity contribution in [3.05, 3.63) is 83.9 Å². The molecule has 0 atom stereocenters. The molecular formula is C23H18N4O2. The van der Waals surface area contributed by atoms with E-state index in [2.05, 4.69) is 27.1 Å². The maximum absolute atomic E-state index is 12.7. The third-order valence-electron chi connectivity index (χ3n) is 4.50. The van der Waals surface area contributed by atoms with Crippen LogP contribution in [0.2, 0.25) is 0 Å². The first-order valence-corrected chi connectivity index (χ1v) is 8.98. The molecule has 0 spiro atoms. The lowest BCUT2D eigenvalue weighted by Crippen LogP contribution is -2.15. The fraction of sp³-hybridized carbons (Fsp3) is 0.0870. The van der Waals surface area contributed by atoms with Gasteiger partial charge >= 0.3 is 0 Å². The number of carbonyl (C=O) groups excluding carboxylic acids is 1. The Labute approximate surface area is 168 Å². The fourth-order valence-corrected chi connectivity index (χ4v) is 2.97. The van der Waals surface area contributed by atoms with Gasteiger partial charge < -0.3 is 14.6 Å². The van der Waals surface area contributed by atoms with Crippen LogP contribution >= 0.6 is 0 Å². The van der Waals surface area contributed by atoms with Crippen LogP contribution in [0.15, 0.2) is 67.0 Å². The number of amides is 1. The van der Waals surface area contributed by atoms with E-state index >= 15 is 0 Å². The molecule has 2 heterocycles. The molecule has 0 bridgehead atoms. The smallest absolute Gasteiger partial charge is 0.272 e. The van der Waals surface area contributed by atoms with Crippen molar-refractivity contribution in [3.63, 3.8) is 0 Å². The lowest BCUT2D eigenvalue weighted by atomic mass is 10.2. The van der Waals surface area contributed by atoms with Gasteiger partial charge in [0.05, 0.1) is 12.5 Å². The van der Waals surface area contributed by atoms with Crippen LogP contribution in [0.25, 0.3) is 11.0 Å². The van der Waals surface area contributed by atoms with E-state index in [0.717, 1.165) is 22.4 Å². The quantitative estimate of drug-likeness (QED) is 0.550. The summed E-state index contributed by atoms with van der Waals surface area (Å²) in [6.07, 6.45) is 1.46. The summed E-state index contributed by atoms with van der Waals surface area (Å²) in [6.45, 7) is 0. The van der Waals surface area contributed by atoms with Crippen molar-refractivity contribution < 1.29 is 9.53 Å². The van der Waals surface area contributed by atoms with Crippen molar-refractivity contribution in [1.29, 1.82) is 0 Å². The second-order valence-electron chi connectivity index (χ2n) is 6.35. The number of nitrogens with one attached hydrogen (secondary N) is 1. The summed E-state index contributed by atoms with van der Waals surface area (Å²) in [5.74, 6) is 6.74. The highest BCUT2D eigenvalue weighted by atomic mass is 16.5. The molecule has 142 valence electrons. The summed E-state index contributed by atoms with van der Waals surface area (Å²) in [7, 11) is 3.43. The minimum absolute atomic E-state index is 0.217. The molecule has 1 N–H and O–H groups in total. The summed E-state index contributed by atoms with van der Waals surface area (Å²) in [4.78, 5) is 21.3. The highest BCUT2D eigenvalue weighted by Gasteiger charge is 2.16. The van der Waals surface area contributed by atoms with E-state index in [4.69, 9.17) is 4.74 Å². The van der Waals surface area contributed by atoms with E-state index in [1.54, 1.807) is 24.8 Å². The molecule has 0 saturated heterocycles. The molecule has 0 unspecified atom stereocenters. The van der Waals surface area contributed by atoms with Gasteiger partial charge in [-0.15, -0.1) is 0 Å². The Balaban J connectivity index is 1.67. The first kappa shape index (κ1) is 18.3. The number of aryl methyl sites for hydroxylation is 1. The number of ether oxygens (including phenoxy) is 1. The minimum Gasteiger partial charge on any atom is -0.497 e. The van der Waals surface area contributed by atoms with Gasteiger partial charge in [-0.25, -0.2) is 9.97 Å². The van der Waals surface area contributed by atoms with Crippen molar-refractivity contribution in [2.75, 3.05) is 12.4 Å². The first-order valence-electron chi connectivity index (χ1n) is 8.98. The van der Waals surface area contributed by atoms with E-state index < -0.39 is 0 Å². The lowest BCUT2D eigenvalue weighted by Gasteiger charge is -2.05. The van der Waals surface area contributed by atoms with Gasteiger partial charge in [0.1, 0.15) is 29.1 Å². The number of hydrogen-bond acceptors (Lipinski definition) is 4. The Kier molecular flexibility index (Phi) is 4.95. The summed E-state index contributed by atoms with van der Waals surface area (Å²) >= 11 is 0. The number of hydrogen-bond donors (Lipinski definition) is 1. The van der Waals surface area contributed by atoms with Gasteiger partial charge in [-0.05, 0) is 48.4 Å². The van der Waals surface area contributed by atoms with E-state index in [-0.39, 0.29) is 5.91 Å². The van der Waals surface area contributed by atoms with Crippen molar-refractivity contribution in [2.45, 2.75) is 0 Å². The molecule has 2 aromatic carbocycles. The average molecular weight is 382 g/mol. The monoisotopic (exact) mass is 382 g/mol. The molecule has 1 amide bonds. The third kappa shape index (κ3) is 3.80. The normalized spacial score (nSPS) is 10.3. The first-order chi connectivity index (χ1) is 14.2. The van der Waals surface area contributed by atoms with Crippen LogP contribution in [0.4, 0.5) is 5.69 Å². The number of fused-ring (bicyclic) bond motifs is 1. The number of carbonyl (C=O) groups is 1. The molecule has 2 aromatic heterocycles. The Morgan fingerprint density at radius 2 is 1.79 bits per heavy atom. The Morgan fingerprint density at radius 1 is 1.03 bits per heavy atom. The summed E-state index contributed by atoms with van der Waals surface area (Å²) in [5.41, 5.74) is 3.28. The molecule has 0 aliphatic rings. The number of nitrogens with zero attached hydrogens (tertiary/aromatic N) is 3. The van der Waals surface area contributed by atoms with Crippen LogP contribution < -0.4 is 10.1 Å². The van der Waals surface area contributed by atoms with Gasteiger partial charge in [-0.2, -0.15) is 0 Å². The van der Waals surface area contributed by atoms with Gasteiger partial charge in [0.25, 0.3) is 5.91 Å². The minimum atomic E-state index is -0.217. The van der Waals surface area contributed by atoms with Crippen LogP contribution in [-0.4, -0.2) is 27.6 Å². The zero-order valence-corrected chi connectivity index (χ0v) is 16.0. The van der Waals surface area contributed by atoms with Gasteiger partial charge in [-0.3, -0.25) is 4.79 Å². The fourth-order valence-electron chi connectivity index (χ4n) is 2.97. The summed E-state index contributed by atoms with van der Waals surface area (Å²) in [6, 6.07) is 18.6. The molecule has 6 heteroatoms. The third-order valence-corrected chi connectivity index (χ3v) is 4.50. The van der Waals surface area contributed by atoms with Crippen LogP contribution in [0.3, 0.4) is 0 Å². The summed E-state index contributed by atoms with van der Waals surface area (Å²) < 4.78 is 6.91. The SMILES string of the molecule is COc1ccc(C#Cc2ncnc3c2cc(C(=O)Nc2ccccc2)n3C)cc1. The molecule has 6 nitrogen and oxygen atoms in total. The number of para-hydroxylation sites is 1. The van der Waals surface area contributed by atoms with E-state index in [0.29, 0.717) is 17.0 Å². The van der Waals surface area contributed by atoms with Gasteiger partial charge in [-0.1, -0.05) is 24.1 Å². The van der Waals surface area contributed by atoms with Crippen molar-refractivity contribution in [2.24, 2.45) is 7.05 Å². The Morgan fingerprint density at radius 3 is 2.52 bits per heavy atom. The zero-order chi connectivity index (χ0) is 20.2. The maximum Gasteiger partial charge on any atom is 0.272 e. The molecule has 0 aliphatic heterocycles. The van der Waals surface area contributed by atoms with Crippen molar-refractivity contribution in [1.82, 2.24) is 14.5 Å². The number of methoxy groups -OCH3 is 1. The van der Waals surface area contributed by atoms with Crippen LogP contribution in [-0.2, 0) is 7.05 Å². The zero-order valence-electron chi connectivity index (χ0n) is 16.0. The standard InChI is InChI=1S/C23H18N4O2/c1-27-21(23(28)26-17-6-4-3-5-7-17)14-19-20(24-15-25-22(19)27)13-10-16-8-11-18(29-2)12-9-16/h3-9,11-12,14-15H,1-2H3,(H,26,28). The molecule has 0 radical (unpaired) electrons. The molecule has 29 heavy (non-hydrogen) atoms. The second kappa shape index (κ2) is 7.87. The van der Waals surface area contributed by atoms with Gasteiger partial charge in [0.2, 0.25) is 0 Å². The number of aromatic nitrogens is 3. The average Bonchev–Trinajstić information content (AvgIpc) is 3.11. The predicted octanol–water partition coefficient (Wildman–Crippen LogP) is 3.63. The molecule has 0 aliphatic carbocycles. The lowest BCUT2D eigenvalue weighted by molar-refractivity contribution is 0.101. The van der Waals surface area contributed by atoms with Crippen LogP contribution in [0.1, 0.15) is 21.7 Å². The number of benzene rings is 2.